The summed E-state index contributed by atoms with van der Waals surface area (Å²) in [6, 6.07) is 7.78. The first-order chi connectivity index (χ1) is 12.8. The second-order valence-corrected chi connectivity index (χ2v) is 9.10. The molecule has 144 valence electrons. The van der Waals surface area contributed by atoms with Crippen molar-refractivity contribution in [1.82, 2.24) is 5.32 Å². The van der Waals surface area contributed by atoms with Gasteiger partial charge in [-0.3, -0.25) is 0 Å². The van der Waals surface area contributed by atoms with E-state index in [2.05, 4.69) is 37.4 Å². The SMILES string of the molecule is CCCC(CCC)COc1ccc2c(c1)[C@@]13CCCC[C@H]1[C@@H](C2)NCC3. The maximum absolute atomic E-state index is 6.34. The molecule has 4 rings (SSSR count). The first-order valence-electron chi connectivity index (χ1n) is 11.3. The highest BCUT2D eigenvalue weighted by molar-refractivity contribution is 5.45. The lowest BCUT2D eigenvalue weighted by atomic mass is 9.53. The van der Waals surface area contributed by atoms with E-state index < -0.39 is 0 Å². The van der Waals surface area contributed by atoms with E-state index in [9.17, 15) is 0 Å². The van der Waals surface area contributed by atoms with E-state index in [0.29, 0.717) is 17.4 Å². The van der Waals surface area contributed by atoms with Crippen LogP contribution >= 0.6 is 0 Å². The van der Waals surface area contributed by atoms with Gasteiger partial charge in [-0.05, 0) is 80.2 Å². The fraction of sp³-hybridized carbons (Fsp3) is 0.750. The summed E-state index contributed by atoms with van der Waals surface area (Å²) in [5, 5.41) is 3.84. The topological polar surface area (TPSA) is 21.3 Å². The predicted molar refractivity (Wildman–Crippen MR) is 109 cm³/mol. The molecule has 3 atom stereocenters. The summed E-state index contributed by atoms with van der Waals surface area (Å²) >= 11 is 0. The summed E-state index contributed by atoms with van der Waals surface area (Å²) in [6.07, 6.45) is 13.3. The van der Waals surface area contributed by atoms with Crippen LogP contribution < -0.4 is 10.1 Å². The van der Waals surface area contributed by atoms with Crippen LogP contribution in [0.1, 0.15) is 82.8 Å². The Morgan fingerprint density at radius 2 is 2.00 bits per heavy atom. The van der Waals surface area contributed by atoms with Gasteiger partial charge in [0.25, 0.3) is 0 Å². The van der Waals surface area contributed by atoms with Crippen molar-refractivity contribution in [2.45, 2.75) is 89.5 Å². The average molecular weight is 356 g/mol. The van der Waals surface area contributed by atoms with Gasteiger partial charge in [-0.25, -0.2) is 0 Å². The first kappa shape index (κ1) is 18.3. The van der Waals surface area contributed by atoms with Gasteiger partial charge in [0.05, 0.1) is 6.61 Å². The van der Waals surface area contributed by atoms with Gasteiger partial charge in [-0.2, -0.15) is 0 Å². The van der Waals surface area contributed by atoms with Crippen molar-refractivity contribution in [3.05, 3.63) is 29.3 Å². The molecular weight excluding hydrogens is 318 g/mol. The third-order valence-corrected chi connectivity index (χ3v) is 7.50. The first-order valence-corrected chi connectivity index (χ1v) is 11.3. The van der Waals surface area contributed by atoms with Gasteiger partial charge in [0, 0.05) is 11.5 Å². The highest BCUT2D eigenvalue weighted by Crippen LogP contribution is 2.54. The zero-order valence-electron chi connectivity index (χ0n) is 16.9. The van der Waals surface area contributed by atoms with E-state index in [1.54, 1.807) is 11.1 Å². The van der Waals surface area contributed by atoms with Crippen molar-refractivity contribution in [1.29, 1.82) is 0 Å². The summed E-state index contributed by atoms with van der Waals surface area (Å²) in [5.74, 6) is 2.68. The van der Waals surface area contributed by atoms with E-state index in [4.69, 9.17) is 4.74 Å². The van der Waals surface area contributed by atoms with Crippen LogP contribution in [0.4, 0.5) is 0 Å². The van der Waals surface area contributed by atoms with Gasteiger partial charge in [0.2, 0.25) is 0 Å². The fourth-order valence-electron chi connectivity index (χ4n) is 6.33. The molecule has 3 aliphatic rings. The van der Waals surface area contributed by atoms with Crippen molar-refractivity contribution in [3.63, 3.8) is 0 Å². The Morgan fingerprint density at radius 1 is 1.15 bits per heavy atom. The van der Waals surface area contributed by atoms with Crippen LogP contribution in [-0.2, 0) is 11.8 Å². The Labute approximate surface area is 160 Å². The maximum atomic E-state index is 6.34. The third kappa shape index (κ3) is 3.30. The lowest BCUT2D eigenvalue weighted by Crippen LogP contribution is -2.59. The van der Waals surface area contributed by atoms with Gasteiger partial charge in [0.15, 0.2) is 0 Å². The molecule has 0 radical (unpaired) electrons. The van der Waals surface area contributed by atoms with E-state index in [1.807, 2.05) is 0 Å². The summed E-state index contributed by atoms with van der Waals surface area (Å²) < 4.78 is 6.34. The van der Waals surface area contributed by atoms with Crippen LogP contribution in [-0.4, -0.2) is 19.2 Å². The molecule has 1 aliphatic heterocycles. The second-order valence-electron chi connectivity index (χ2n) is 9.10. The minimum absolute atomic E-state index is 0.438. The minimum atomic E-state index is 0.438. The van der Waals surface area contributed by atoms with Crippen molar-refractivity contribution < 1.29 is 4.74 Å². The monoisotopic (exact) mass is 355 g/mol. The van der Waals surface area contributed by atoms with Gasteiger partial charge < -0.3 is 10.1 Å². The number of nitrogens with one attached hydrogen (secondary N) is 1. The lowest BCUT2D eigenvalue weighted by Gasteiger charge is -2.56. The highest BCUT2D eigenvalue weighted by atomic mass is 16.5. The molecule has 2 fully saturated rings. The van der Waals surface area contributed by atoms with Crippen LogP contribution in [0.2, 0.25) is 0 Å². The van der Waals surface area contributed by atoms with Crippen LogP contribution in [0.15, 0.2) is 18.2 Å². The summed E-state index contributed by atoms with van der Waals surface area (Å²) in [5.41, 5.74) is 3.68. The van der Waals surface area contributed by atoms with Gasteiger partial charge >= 0.3 is 0 Å². The average Bonchev–Trinajstić information content (AvgIpc) is 2.67. The van der Waals surface area contributed by atoms with Gasteiger partial charge in [-0.1, -0.05) is 45.6 Å². The van der Waals surface area contributed by atoms with Crippen molar-refractivity contribution >= 4 is 0 Å². The molecule has 2 aliphatic carbocycles. The summed E-state index contributed by atoms with van der Waals surface area (Å²) in [6.45, 7) is 6.66. The number of benzene rings is 1. The lowest BCUT2D eigenvalue weighted by molar-refractivity contribution is 0.0793. The Bertz CT molecular complexity index is 602. The van der Waals surface area contributed by atoms with Gasteiger partial charge in [0.1, 0.15) is 5.75 Å². The summed E-state index contributed by atoms with van der Waals surface area (Å²) in [7, 11) is 0. The minimum Gasteiger partial charge on any atom is -0.493 e. The third-order valence-electron chi connectivity index (χ3n) is 7.50. The number of ether oxygens (including phenoxy) is 1. The van der Waals surface area contributed by atoms with E-state index in [0.717, 1.165) is 18.3 Å². The van der Waals surface area contributed by atoms with Crippen LogP contribution in [0.3, 0.4) is 0 Å². The number of rotatable bonds is 7. The van der Waals surface area contributed by atoms with E-state index in [1.165, 1.54) is 70.8 Å². The molecule has 1 aromatic rings. The largest absolute Gasteiger partial charge is 0.493 e. The smallest absolute Gasteiger partial charge is 0.119 e. The molecule has 26 heavy (non-hydrogen) atoms. The quantitative estimate of drug-likeness (QED) is 0.684. The Balaban J connectivity index is 1.56. The molecule has 0 spiro atoms. The number of hydrogen-bond acceptors (Lipinski definition) is 2. The molecule has 2 nitrogen and oxygen atoms in total. The van der Waals surface area contributed by atoms with Gasteiger partial charge in [-0.15, -0.1) is 0 Å². The molecule has 0 unspecified atom stereocenters. The van der Waals surface area contributed by atoms with Crippen molar-refractivity contribution in [3.8, 4) is 5.75 Å². The Hall–Kier alpha value is -1.02. The molecule has 1 aromatic carbocycles. The van der Waals surface area contributed by atoms with Crippen LogP contribution in [0.5, 0.6) is 5.75 Å². The van der Waals surface area contributed by atoms with Crippen molar-refractivity contribution in [2.24, 2.45) is 11.8 Å². The molecule has 0 aromatic heterocycles. The molecule has 1 saturated carbocycles. The maximum Gasteiger partial charge on any atom is 0.119 e. The van der Waals surface area contributed by atoms with E-state index in [-0.39, 0.29) is 0 Å². The van der Waals surface area contributed by atoms with Crippen LogP contribution in [0.25, 0.3) is 0 Å². The van der Waals surface area contributed by atoms with Crippen LogP contribution in [0, 0.1) is 11.8 Å². The number of piperidine rings is 1. The zero-order chi connectivity index (χ0) is 18.0. The summed E-state index contributed by atoms with van der Waals surface area (Å²) in [4.78, 5) is 0. The standard InChI is InChI=1S/C24H37NO/c1-3-7-18(8-4-2)17-26-20-11-10-19-15-23-21-9-5-6-12-24(21,13-14-25-23)22(19)16-20/h10-11,16,18,21,23,25H,3-9,12-15,17H2,1-2H3/t21-,23+,24+/m0/s1. The number of fused-ring (bicyclic) bond motifs is 1. The predicted octanol–water partition coefficient (Wildman–Crippen LogP) is 5.63. The molecule has 0 amide bonds. The zero-order valence-corrected chi connectivity index (χ0v) is 16.9. The van der Waals surface area contributed by atoms with Crippen molar-refractivity contribution in [2.75, 3.05) is 13.2 Å². The molecule has 2 bridgehead atoms. The molecular formula is C24H37NO. The molecule has 1 heterocycles. The fourth-order valence-corrected chi connectivity index (χ4v) is 6.33. The second kappa shape index (κ2) is 7.92. The highest BCUT2D eigenvalue weighted by Gasteiger charge is 2.51. The van der Waals surface area contributed by atoms with E-state index >= 15 is 0 Å². The molecule has 1 saturated heterocycles. The Kier molecular flexibility index (Phi) is 5.59. The number of hydrogen-bond donors (Lipinski definition) is 1. The Morgan fingerprint density at radius 3 is 2.81 bits per heavy atom. The normalized spacial score (nSPS) is 30.0. The molecule has 2 heteroatoms. The molecule has 1 N–H and O–H groups in total.